The van der Waals surface area contributed by atoms with Crippen molar-refractivity contribution in [1.29, 1.82) is 0 Å². The molecular weight excluding hydrogens is 291 g/mol. The highest BCUT2D eigenvalue weighted by atomic mass is 35.5. The Morgan fingerprint density at radius 1 is 1.16 bits per heavy atom. The highest BCUT2D eigenvalue weighted by molar-refractivity contribution is 6.44. The van der Waals surface area contributed by atoms with E-state index in [1.54, 1.807) is 13.8 Å². The molecule has 19 heavy (non-hydrogen) atoms. The summed E-state index contributed by atoms with van der Waals surface area (Å²) >= 11 is 12.0. The lowest BCUT2D eigenvalue weighted by molar-refractivity contribution is -0.145. The second kappa shape index (κ2) is 7.36. The predicted molar refractivity (Wildman–Crippen MR) is 73.2 cm³/mol. The molecule has 0 N–H and O–H groups in total. The number of carbonyl (C=O) groups excluding carboxylic acids is 2. The fraction of sp³-hybridized carbons (Fsp3) is 0.385. The first-order valence-electron chi connectivity index (χ1n) is 5.80. The van der Waals surface area contributed by atoms with Gasteiger partial charge in [-0.3, -0.25) is 4.79 Å². The normalized spacial score (nSPS) is 10.1. The molecule has 0 atom stereocenters. The molecule has 1 aromatic carbocycles. The van der Waals surface area contributed by atoms with Crippen molar-refractivity contribution >= 4 is 35.0 Å². The van der Waals surface area contributed by atoms with Gasteiger partial charge in [0.15, 0.2) is 12.4 Å². The van der Waals surface area contributed by atoms with E-state index in [2.05, 4.69) is 0 Å². The van der Waals surface area contributed by atoms with E-state index in [1.165, 1.54) is 12.1 Å². The summed E-state index contributed by atoms with van der Waals surface area (Å²) in [6, 6.07) is 3.04. The standard InChI is InChI=1S/C13H14Cl2O4/c1-3-9(16)8-5-6-10(13(15)12(8)14)19-7-11(17)18-4-2/h5-6H,3-4,7H2,1-2H3. The zero-order valence-electron chi connectivity index (χ0n) is 10.7. The fourth-order valence-electron chi connectivity index (χ4n) is 1.39. The van der Waals surface area contributed by atoms with Gasteiger partial charge in [0, 0.05) is 12.0 Å². The largest absolute Gasteiger partial charge is 0.480 e. The van der Waals surface area contributed by atoms with Crippen molar-refractivity contribution in [2.45, 2.75) is 20.3 Å². The maximum Gasteiger partial charge on any atom is 0.344 e. The second-order valence-corrected chi connectivity index (χ2v) is 4.37. The Balaban J connectivity index is 2.85. The lowest BCUT2D eigenvalue weighted by Crippen LogP contribution is -2.14. The maximum absolute atomic E-state index is 11.6. The van der Waals surface area contributed by atoms with Crippen LogP contribution < -0.4 is 4.74 Å². The Hall–Kier alpha value is -1.26. The molecule has 0 amide bonds. The summed E-state index contributed by atoms with van der Waals surface area (Å²) in [7, 11) is 0. The van der Waals surface area contributed by atoms with Crippen molar-refractivity contribution in [3.8, 4) is 5.75 Å². The number of hydrogen-bond acceptors (Lipinski definition) is 4. The highest BCUT2D eigenvalue weighted by Crippen LogP contribution is 2.35. The van der Waals surface area contributed by atoms with E-state index < -0.39 is 5.97 Å². The first-order chi connectivity index (χ1) is 9.01. The number of hydrogen-bond donors (Lipinski definition) is 0. The number of esters is 1. The molecule has 0 saturated carbocycles. The van der Waals surface area contributed by atoms with Gasteiger partial charge in [-0.1, -0.05) is 30.1 Å². The Bertz CT molecular complexity index is 486. The van der Waals surface area contributed by atoms with Gasteiger partial charge in [-0.05, 0) is 19.1 Å². The Morgan fingerprint density at radius 3 is 2.42 bits per heavy atom. The predicted octanol–water partition coefficient (Wildman–Crippen LogP) is 3.53. The summed E-state index contributed by atoms with van der Waals surface area (Å²) in [5.41, 5.74) is 0.345. The number of carbonyl (C=O) groups is 2. The number of Topliss-reactive ketones (excluding diaryl/α,β-unsaturated/α-hetero) is 1. The zero-order valence-corrected chi connectivity index (χ0v) is 12.2. The number of halogens is 2. The molecule has 0 bridgehead atoms. The number of rotatable bonds is 6. The minimum absolute atomic E-state index is 0.108. The molecule has 0 aromatic heterocycles. The van der Waals surface area contributed by atoms with Gasteiger partial charge in [-0.2, -0.15) is 0 Å². The van der Waals surface area contributed by atoms with E-state index >= 15 is 0 Å². The molecule has 0 heterocycles. The van der Waals surface area contributed by atoms with Crippen LogP contribution in [0.5, 0.6) is 5.75 Å². The average Bonchev–Trinajstić information content (AvgIpc) is 2.40. The van der Waals surface area contributed by atoms with Crippen LogP contribution in [0.25, 0.3) is 0 Å². The first kappa shape index (κ1) is 15.8. The number of ether oxygens (including phenoxy) is 2. The summed E-state index contributed by atoms with van der Waals surface area (Å²) in [5.74, 6) is -0.361. The van der Waals surface area contributed by atoms with Crippen LogP contribution in [0, 0.1) is 0 Å². The van der Waals surface area contributed by atoms with Crippen LogP contribution in [0.2, 0.25) is 10.0 Å². The van der Waals surface area contributed by atoms with Gasteiger partial charge >= 0.3 is 5.97 Å². The SMILES string of the molecule is CCOC(=O)COc1ccc(C(=O)CC)c(Cl)c1Cl. The summed E-state index contributed by atoms with van der Waals surface area (Å²) in [5, 5.41) is 0.250. The summed E-state index contributed by atoms with van der Waals surface area (Å²) in [4.78, 5) is 22.7. The van der Waals surface area contributed by atoms with Gasteiger partial charge in [0.2, 0.25) is 0 Å². The molecule has 4 nitrogen and oxygen atoms in total. The third-order valence-electron chi connectivity index (χ3n) is 2.32. The molecule has 0 aliphatic rings. The Kier molecular flexibility index (Phi) is 6.12. The van der Waals surface area contributed by atoms with Gasteiger partial charge < -0.3 is 9.47 Å². The van der Waals surface area contributed by atoms with Crippen LogP contribution in [0.3, 0.4) is 0 Å². The lowest BCUT2D eigenvalue weighted by atomic mass is 10.1. The van der Waals surface area contributed by atoms with Crippen LogP contribution >= 0.6 is 23.2 Å². The lowest BCUT2D eigenvalue weighted by Gasteiger charge is -2.10. The van der Waals surface area contributed by atoms with E-state index in [0.29, 0.717) is 12.0 Å². The van der Waals surface area contributed by atoms with Crippen molar-refractivity contribution in [2.24, 2.45) is 0 Å². The first-order valence-corrected chi connectivity index (χ1v) is 6.56. The average molecular weight is 305 g/mol. The summed E-state index contributed by atoms with van der Waals surface area (Å²) in [6.07, 6.45) is 0.332. The van der Waals surface area contributed by atoms with E-state index in [-0.39, 0.29) is 34.8 Å². The third kappa shape index (κ3) is 4.11. The third-order valence-corrected chi connectivity index (χ3v) is 3.18. The smallest absolute Gasteiger partial charge is 0.344 e. The zero-order chi connectivity index (χ0) is 14.4. The van der Waals surface area contributed by atoms with E-state index in [0.717, 1.165) is 0 Å². The molecule has 0 saturated heterocycles. The molecule has 0 fully saturated rings. The van der Waals surface area contributed by atoms with E-state index in [4.69, 9.17) is 32.7 Å². The summed E-state index contributed by atoms with van der Waals surface area (Å²) in [6.45, 7) is 3.45. The second-order valence-electron chi connectivity index (χ2n) is 3.61. The monoisotopic (exact) mass is 304 g/mol. The maximum atomic E-state index is 11.6. The molecule has 104 valence electrons. The van der Waals surface area contributed by atoms with Crippen LogP contribution in [-0.4, -0.2) is 25.0 Å². The minimum Gasteiger partial charge on any atom is -0.480 e. The molecule has 0 spiro atoms. The van der Waals surface area contributed by atoms with Gasteiger partial charge in [-0.25, -0.2) is 4.79 Å². The van der Waals surface area contributed by atoms with Crippen LogP contribution in [0.4, 0.5) is 0 Å². The van der Waals surface area contributed by atoms with Crippen molar-refractivity contribution in [3.05, 3.63) is 27.7 Å². The summed E-state index contributed by atoms with van der Waals surface area (Å²) < 4.78 is 9.92. The van der Waals surface area contributed by atoms with Gasteiger partial charge in [0.1, 0.15) is 10.8 Å². The quantitative estimate of drug-likeness (QED) is 0.596. The Labute approximate surface area is 121 Å². The van der Waals surface area contributed by atoms with Crippen molar-refractivity contribution in [1.82, 2.24) is 0 Å². The van der Waals surface area contributed by atoms with E-state index in [1.807, 2.05) is 0 Å². The van der Waals surface area contributed by atoms with Crippen molar-refractivity contribution < 1.29 is 19.1 Å². The van der Waals surface area contributed by atoms with Crippen molar-refractivity contribution in [2.75, 3.05) is 13.2 Å². The highest BCUT2D eigenvalue weighted by Gasteiger charge is 2.16. The molecule has 0 unspecified atom stereocenters. The Morgan fingerprint density at radius 2 is 1.84 bits per heavy atom. The number of ketones is 1. The van der Waals surface area contributed by atoms with E-state index in [9.17, 15) is 9.59 Å². The van der Waals surface area contributed by atoms with Gasteiger partial charge in [-0.15, -0.1) is 0 Å². The van der Waals surface area contributed by atoms with Crippen LogP contribution in [-0.2, 0) is 9.53 Å². The van der Waals surface area contributed by atoms with Gasteiger partial charge in [0.25, 0.3) is 0 Å². The minimum atomic E-state index is -0.497. The molecule has 1 rings (SSSR count). The molecule has 6 heteroatoms. The van der Waals surface area contributed by atoms with Crippen LogP contribution in [0.15, 0.2) is 12.1 Å². The topological polar surface area (TPSA) is 52.6 Å². The van der Waals surface area contributed by atoms with Crippen LogP contribution in [0.1, 0.15) is 30.6 Å². The fourth-order valence-corrected chi connectivity index (χ4v) is 1.87. The molecule has 0 aliphatic heterocycles. The molecular formula is C13H14Cl2O4. The molecule has 0 radical (unpaired) electrons. The number of benzene rings is 1. The van der Waals surface area contributed by atoms with Gasteiger partial charge in [0.05, 0.1) is 11.6 Å². The molecule has 0 aliphatic carbocycles. The van der Waals surface area contributed by atoms with Crippen molar-refractivity contribution in [3.63, 3.8) is 0 Å². The molecule has 1 aromatic rings.